The van der Waals surface area contributed by atoms with Gasteiger partial charge in [0, 0.05) is 26.2 Å². The fourth-order valence-corrected chi connectivity index (χ4v) is 2.75. The summed E-state index contributed by atoms with van der Waals surface area (Å²) in [6.07, 6.45) is 1.55. The van der Waals surface area contributed by atoms with Crippen LogP contribution in [0.1, 0.15) is 22.7 Å². The normalized spacial score (nSPS) is 15.1. The zero-order valence-corrected chi connectivity index (χ0v) is 14.5. The minimum absolute atomic E-state index is 0. The third kappa shape index (κ3) is 3.93. The van der Waals surface area contributed by atoms with Crippen LogP contribution in [0.4, 0.5) is 5.69 Å². The van der Waals surface area contributed by atoms with Crippen molar-refractivity contribution in [1.29, 1.82) is 0 Å². The van der Waals surface area contributed by atoms with E-state index in [2.05, 4.69) is 34.5 Å². The second-order valence-electron chi connectivity index (χ2n) is 5.60. The summed E-state index contributed by atoms with van der Waals surface area (Å²) >= 11 is 0. The largest absolute Gasteiger partial charge is 0.412 e. The Labute approximate surface area is 148 Å². The zero-order valence-electron chi connectivity index (χ0n) is 13.7. The molecule has 0 bridgehead atoms. The fraction of sp³-hybridized carbons (Fsp3) is 0.222. The lowest BCUT2D eigenvalue weighted by Gasteiger charge is -2.27. The Morgan fingerprint density at radius 3 is 2.42 bits per heavy atom. The summed E-state index contributed by atoms with van der Waals surface area (Å²) < 4.78 is 0. The lowest BCUT2D eigenvalue weighted by atomic mass is 9.90. The van der Waals surface area contributed by atoms with Crippen LogP contribution in [0.5, 0.6) is 0 Å². The summed E-state index contributed by atoms with van der Waals surface area (Å²) in [4.78, 5) is 17.5. The molecule has 0 spiro atoms. The lowest BCUT2D eigenvalue weighted by molar-refractivity contribution is -0.105. The van der Waals surface area contributed by atoms with Gasteiger partial charge in [-0.1, -0.05) is 36.4 Å². The van der Waals surface area contributed by atoms with Crippen LogP contribution in [-0.2, 0) is 11.2 Å². The molecule has 0 aliphatic carbocycles. The van der Waals surface area contributed by atoms with Crippen molar-refractivity contribution in [2.75, 3.05) is 19.4 Å². The van der Waals surface area contributed by atoms with Crippen molar-refractivity contribution in [2.24, 2.45) is 4.99 Å². The van der Waals surface area contributed by atoms with Crippen molar-refractivity contribution in [3.63, 3.8) is 0 Å². The second-order valence-corrected chi connectivity index (χ2v) is 5.60. The van der Waals surface area contributed by atoms with Crippen molar-refractivity contribution in [1.82, 2.24) is 4.90 Å². The predicted octanol–water partition coefficient (Wildman–Crippen LogP) is 2.46. The third-order valence-electron chi connectivity index (χ3n) is 3.94. The van der Waals surface area contributed by atoms with Crippen LogP contribution < -0.4 is 5.32 Å². The maximum Gasteiger partial charge on any atom is 0.211 e. The molecular formula is C18H22ClN3O2. The molecule has 0 radical (unpaired) electrons. The lowest BCUT2D eigenvalue weighted by Crippen LogP contribution is -2.28. The van der Waals surface area contributed by atoms with E-state index in [0.717, 1.165) is 23.5 Å². The molecule has 1 amide bonds. The van der Waals surface area contributed by atoms with E-state index in [4.69, 9.17) is 4.99 Å². The minimum Gasteiger partial charge on any atom is -0.412 e. The van der Waals surface area contributed by atoms with Gasteiger partial charge in [0.15, 0.2) is 0 Å². The number of amidine groups is 1. The fourth-order valence-electron chi connectivity index (χ4n) is 2.75. The van der Waals surface area contributed by atoms with Crippen LogP contribution >= 0.6 is 12.4 Å². The maximum atomic E-state index is 10.5. The molecule has 2 aromatic carbocycles. The Kier molecular flexibility index (Phi) is 6.95. The Morgan fingerprint density at radius 2 is 1.79 bits per heavy atom. The summed E-state index contributed by atoms with van der Waals surface area (Å²) in [5.41, 5.74) is 4.49. The van der Waals surface area contributed by atoms with Crippen LogP contribution in [0.25, 0.3) is 0 Å². The number of likely N-dealkylation sites (N-methyl/N-ethyl adjacent to an activating group) is 1. The van der Waals surface area contributed by atoms with Gasteiger partial charge in [0.05, 0.1) is 0 Å². The molecule has 5 nitrogen and oxygen atoms in total. The molecule has 1 unspecified atom stereocenters. The molecule has 0 aromatic heterocycles. The van der Waals surface area contributed by atoms with E-state index in [1.165, 1.54) is 11.1 Å². The zero-order chi connectivity index (χ0) is 15.5. The van der Waals surface area contributed by atoms with Gasteiger partial charge in [0.2, 0.25) is 6.41 Å². The van der Waals surface area contributed by atoms with Gasteiger partial charge >= 0.3 is 0 Å². The van der Waals surface area contributed by atoms with E-state index in [1.54, 1.807) is 0 Å². The number of benzene rings is 2. The summed E-state index contributed by atoms with van der Waals surface area (Å²) in [6, 6.07) is 16.3. The molecule has 0 fully saturated rings. The number of hydrogen-bond acceptors (Lipinski definition) is 3. The topological polar surface area (TPSA) is 76.2 Å². The van der Waals surface area contributed by atoms with E-state index in [9.17, 15) is 4.79 Å². The number of halogens is 1. The number of hydrogen-bond donors (Lipinski definition) is 1. The van der Waals surface area contributed by atoms with E-state index in [0.29, 0.717) is 6.41 Å². The molecular weight excluding hydrogens is 326 g/mol. The monoisotopic (exact) mass is 347 g/mol. The molecule has 24 heavy (non-hydrogen) atoms. The van der Waals surface area contributed by atoms with E-state index < -0.39 is 0 Å². The number of rotatable bonds is 3. The van der Waals surface area contributed by atoms with Gasteiger partial charge in [0.1, 0.15) is 11.9 Å². The number of fused-ring (bicyclic) bond motifs is 1. The predicted molar refractivity (Wildman–Crippen MR) is 100 cm³/mol. The number of carbonyl (C=O) groups is 1. The third-order valence-corrected chi connectivity index (χ3v) is 3.94. The average molecular weight is 348 g/mol. The first kappa shape index (κ1) is 19.7. The first-order valence-electron chi connectivity index (χ1n) is 7.31. The molecule has 0 saturated heterocycles. The van der Waals surface area contributed by atoms with Crippen molar-refractivity contribution in [2.45, 2.75) is 12.5 Å². The molecule has 1 atom stereocenters. The summed E-state index contributed by atoms with van der Waals surface area (Å²) in [7, 11) is 4.06. The quantitative estimate of drug-likeness (QED) is 0.866. The van der Waals surface area contributed by atoms with Gasteiger partial charge in [-0.2, -0.15) is 0 Å². The molecule has 1 aliphatic heterocycles. The number of anilines is 1. The Bertz CT molecular complexity index is 714. The number of carbonyl (C=O) groups excluding carboxylic acids is 1. The highest BCUT2D eigenvalue weighted by Crippen LogP contribution is 2.33. The molecule has 1 heterocycles. The van der Waals surface area contributed by atoms with E-state index >= 15 is 0 Å². The van der Waals surface area contributed by atoms with Crippen LogP contribution in [0.3, 0.4) is 0 Å². The number of aliphatic imine (C=N–C) groups is 1. The maximum absolute atomic E-state index is 10.5. The van der Waals surface area contributed by atoms with Gasteiger partial charge in [-0.15, -0.1) is 12.4 Å². The van der Waals surface area contributed by atoms with Crippen LogP contribution in [0, 0.1) is 0 Å². The SMILES string of the molecule is CN(C)C1=NC(c2ccc(NC=O)cc2)c2ccccc2C1.Cl.O. The van der Waals surface area contributed by atoms with Crippen molar-refractivity contribution in [3.05, 3.63) is 65.2 Å². The number of amides is 1. The molecule has 3 N–H and O–H groups in total. The Hall–Kier alpha value is -2.37. The van der Waals surface area contributed by atoms with Crippen LogP contribution in [-0.4, -0.2) is 36.7 Å². The Morgan fingerprint density at radius 1 is 1.12 bits per heavy atom. The first-order valence-corrected chi connectivity index (χ1v) is 7.31. The van der Waals surface area contributed by atoms with Crippen molar-refractivity contribution < 1.29 is 10.3 Å². The van der Waals surface area contributed by atoms with Crippen molar-refractivity contribution >= 4 is 30.3 Å². The number of nitrogens with zero attached hydrogens (tertiary/aromatic N) is 2. The van der Waals surface area contributed by atoms with Gasteiger partial charge in [-0.3, -0.25) is 9.79 Å². The number of nitrogens with one attached hydrogen (secondary N) is 1. The van der Waals surface area contributed by atoms with Gasteiger partial charge < -0.3 is 15.7 Å². The summed E-state index contributed by atoms with van der Waals surface area (Å²) in [6.45, 7) is 0. The van der Waals surface area contributed by atoms with Gasteiger partial charge in [-0.05, 0) is 28.8 Å². The highest BCUT2D eigenvalue weighted by atomic mass is 35.5. The van der Waals surface area contributed by atoms with Crippen molar-refractivity contribution in [3.8, 4) is 0 Å². The molecule has 3 rings (SSSR count). The standard InChI is InChI=1S/C18H19N3O.ClH.H2O/c1-21(2)17-11-14-5-3-4-6-16(14)18(20-17)13-7-9-15(10-8-13)19-12-22;;/h3-10,12,18H,11H2,1-2H3,(H,19,22);1H;1H2. The molecule has 6 heteroatoms. The molecule has 128 valence electrons. The second kappa shape index (κ2) is 8.47. The summed E-state index contributed by atoms with van der Waals surface area (Å²) in [5, 5.41) is 2.66. The van der Waals surface area contributed by atoms with Crippen LogP contribution in [0.15, 0.2) is 53.5 Å². The smallest absolute Gasteiger partial charge is 0.211 e. The van der Waals surface area contributed by atoms with E-state index in [-0.39, 0.29) is 23.9 Å². The average Bonchev–Trinajstić information content (AvgIpc) is 2.55. The van der Waals surface area contributed by atoms with Gasteiger partial charge in [-0.25, -0.2) is 0 Å². The molecule has 1 aliphatic rings. The highest BCUT2D eigenvalue weighted by Gasteiger charge is 2.23. The van der Waals surface area contributed by atoms with Crippen LogP contribution in [0.2, 0.25) is 0 Å². The Balaban J connectivity index is 0.00000144. The first-order chi connectivity index (χ1) is 10.7. The van der Waals surface area contributed by atoms with E-state index in [1.807, 2.05) is 38.4 Å². The molecule has 0 saturated carbocycles. The summed E-state index contributed by atoms with van der Waals surface area (Å²) in [5.74, 6) is 1.08. The molecule has 2 aromatic rings. The van der Waals surface area contributed by atoms with Gasteiger partial charge in [0.25, 0.3) is 0 Å². The highest BCUT2D eigenvalue weighted by molar-refractivity contribution is 5.86. The minimum atomic E-state index is 0.